The first-order chi connectivity index (χ1) is 11.5. The number of rotatable bonds is 5. The van der Waals surface area contributed by atoms with Gasteiger partial charge in [-0.1, -0.05) is 6.07 Å². The van der Waals surface area contributed by atoms with Crippen molar-refractivity contribution in [3.05, 3.63) is 44.3 Å². The second-order valence-corrected chi connectivity index (χ2v) is 9.16. The molecule has 0 N–H and O–H groups in total. The van der Waals surface area contributed by atoms with E-state index in [-0.39, 0.29) is 22.4 Å². The molecule has 1 fully saturated rings. The van der Waals surface area contributed by atoms with Crippen LogP contribution in [-0.2, 0) is 4.79 Å². The van der Waals surface area contributed by atoms with E-state index >= 15 is 0 Å². The Balaban J connectivity index is 1.69. The Morgan fingerprint density at radius 2 is 2.08 bits per heavy atom. The highest BCUT2D eigenvalue weighted by molar-refractivity contribution is 8.01. The van der Waals surface area contributed by atoms with Crippen LogP contribution in [0.3, 0.4) is 0 Å². The number of likely N-dealkylation sites (N-methyl/N-ethyl adjacent to an activating group) is 1. The maximum Gasteiger partial charge on any atom is 0.263 e. The second kappa shape index (κ2) is 7.29. The Morgan fingerprint density at radius 3 is 2.71 bits per heavy atom. The third kappa shape index (κ3) is 3.38. The van der Waals surface area contributed by atoms with Crippen molar-refractivity contribution in [3.8, 4) is 0 Å². The summed E-state index contributed by atoms with van der Waals surface area (Å²) in [6.45, 7) is 5.15. The van der Waals surface area contributed by atoms with Crippen molar-refractivity contribution in [2.45, 2.75) is 24.5 Å². The Morgan fingerprint density at radius 1 is 1.29 bits per heavy atom. The first kappa shape index (κ1) is 17.5. The van der Waals surface area contributed by atoms with Gasteiger partial charge in [-0.25, -0.2) is 0 Å². The quantitative estimate of drug-likeness (QED) is 0.791. The standard InChI is InChI=1S/C17H20N2O2S3/c1-11-6-10-23-14(11)17-19(15(20)12(2)24-17)8-7-18(3)16(21)13-5-4-9-22-13/h4-6,9-10,12,17H,7-8H2,1-3H3/t12-,17-/m1/s1. The number of hydrogen-bond acceptors (Lipinski definition) is 5. The highest BCUT2D eigenvalue weighted by atomic mass is 32.2. The van der Waals surface area contributed by atoms with E-state index in [2.05, 4.69) is 18.4 Å². The number of aryl methyl sites for hydroxylation is 1. The summed E-state index contributed by atoms with van der Waals surface area (Å²) >= 11 is 4.84. The third-order valence-corrected chi connectivity index (χ3v) is 7.56. The molecule has 1 saturated heterocycles. The molecule has 2 aromatic rings. The van der Waals surface area contributed by atoms with Crippen LogP contribution in [0.15, 0.2) is 29.0 Å². The van der Waals surface area contributed by atoms with E-state index in [9.17, 15) is 9.59 Å². The van der Waals surface area contributed by atoms with Crippen molar-refractivity contribution >= 4 is 46.2 Å². The molecule has 0 aromatic carbocycles. The number of carbonyl (C=O) groups is 2. The Labute approximate surface area is 154 Å². The smallest absolute Gasteiger partial charge is 0.263 e. The van der Waals surface area contributed by atoms with Crippen molar-refractivity contribution in [3.63, 3.8) is 0 Å². The first-order valence-electron chi connectivity index (χ1n) is 7.78. The summed E-state index contributed by atoms with van der Waals surface area (Å²) < 4.78 is 0. The van der Waals surface area contributed by atoms with E-state index < -0.39 is 0 Å². The van der Waals surface area contributed by atoms with Crippen molar-refractivity contribution in [1.29, 1.82) is 0 Å². The number of hydrogen-bond donors (Lipinski definition) is 0. The summed E-state index contributed by atoms with van der Waals surface area (Å²) in [7, 11) is 1.80. The van der Waals surface area contributed by atoms with E-state index in [0.29, 0.717) is 13.1 Å². The van der Waals surface area contributed by atoms with E-state index in [1.54, 1.807) is 35.0 Å². The number of carbonyl (C=O) groups excluding carboxylic acids is 2. The highest BCUT2D eigenvalue weighted by Crippen LogP contribution is 2.45. The molecule has 3 heterocycles. The minimum Gasteiger partial charge on any atom is -0.339 e. The largest absolute Gasteiger partial charge is 0.339 e. The SMILES string of the molecule is Cc1ccsc1[C@H]1S[C@H](C)C(=O)N1CCN(C)C(=O)c1cccs1. The van der Waals surface area contributed by atoms with Crippen LogP contribution in [0.25, 0.3) is 0 Å². The molecule has 24 heavy (non-hydrogen) atoms. The molecular formula is C17H20N2O2S3. The summed E-state index contributed by atoms with van der Waals surface area (Å²) in [6, 6.07) is 5.81. The molecule has 128 valence electrons. The van der Waals surface area contributed by atoms with Crippen LogP contribution in [0.5, 0.6) is 0 Å². The predicted molar refractivity (Wildman–Crippen MR) is 102 cm³/mol. The molecule has 3 rings (SSSR count). The number of amides is 2. The third-order valence-electron chi connectivity index (χ3n) is 4.13. The van der Waals surface area contributed by atoms with Gasteiger partial charge in [0.2, 0.25) is 5.91 Å². The molecular weight excluding hydrogens is 360 g/mol. The highest BCUT2D eigenvalue weighted by Gasteiger charge is 2.39. The predicted octanol–water partition coefficient (Wildman–Crippen LogP) is 3.85. The average Bonchev–Trinajstić information content (AvgIpc) is 3.28. The van der Waals surface area contributed by atoms with Crippen molar-refractivity contribution in [1.82, 2.24) is 9.80 Å². The fourth-order valence-corrected chi connectivity index (χ4v) is 5.96. The summed E-state index contributed by atoms with van der Waals surface area (Å²) in [5.41, 5.74) is 1.23. The van der Waals surface area contributed by atoms with Crippen molar-refractivity contribution < 1.29 is 9.59 Å². The first-order valence-corrected chi connectivity index (χ1v) is 10.5. The summed E-state index contributed by atoms with van der Waals surface area (Å²) in [5.74, 6) is 0.177. The summed E-state index contributed by atoms with van der Waals surface area (Å²) in [4.78, 5) is 30.5. The van der Waals surface area contributed by atoms with Gasteiger partial charge in [-0.2, -0.15) is 0 Å². The molecule has 0 radical (unpaired) electrons. The minimum atomic E-state index is -0.0326. The van der Waals surface area contributed by atoms with Crippen molar-refractivity contribution in [2.75, 3.05) is 20.1 Å². The molecule has 0 aliphatic carbocycles. The monoisotopic (exact) mass is 380 g/mol. The molecule has 7 heteroatoms. The minimum absolute atomic E-state index is 0.0150. The van der Waals surface area contributed by atoms with Crippen molar-refractivity contribution in [2.24, 2.45) is 0 Å². The van der Waals surface area contributed by atoms with E-state index in [4.69, 9.17) is 0 Å². The molecule has 0 bridgehead atoms. The number of nitrogens with zero attached hydrogens (tertiary/aromatic N) is 2. The maximum absolute atomic E-state index is 12.5. The van der Waals surface area contributed by atoms with Gasteiger partial charge in [-0.3, -0.25) is 9.59 Å². The summed E-state index contributed by atoms with van der Waals surface area (Å²) in [5, 5.41) is 4.01. The zero-order valence-electron chi connectivity index (χ0n) is 13.9. The molecule has 1 aliphatic rings. The fourth-order valence-electron chi connectivity index (χ4n) is 2.69. The second-order valence-electron chi connectivity index (χ2n) is 5.83. The van der Waals surface area contributed by atoms with Crippen LogP contribution >= 0.6 is 34.4 Å². The van der Waals surface area contributed by atoms with Gasteiger partial charge >= 0.3 is 0 Å². The topological polar surface area (TPSA) is 40.6 Å². The molecule has 0 saturated carbocycles. The van der Waals surface area contributed by atoms with Crippen LogP contribution in [0.4, 0.5) is 0 Å². The average molecular weight is 381 g/mol. The van der Waals surface area contributed by atoms with Gasteiger partial charge in [-0.15, -0.1) is 34.4 Å². The molecule has 0 spiro atoms. The van der Waals surface area contributed by atoms with Crippen LogP contribution in [0, 0.1) is 6.92 Å². The van der Waals surface area contributed by atoms with Gasteiger partial charge in [0.15, 0.2) is 0 Å². The van der Waals surface area contributed by atoms with E-state index in [1.165, 1.54) is 21.8 Å². The van der Waals surface area contributed by atoms with Crippen LogP contribution in [0.2, 0.25) is 0 Å². The molecule has 2 amide bonds. The van der Waals surface area contributed by atoms with Crippen LogP contribution < -0.4 is 0 Å². The Kier molecular flexibility index (Phi) is 5.32. The van der Waals surface area contributed by atoms with Gasteiger partial charge < -0.3 is 9.80 Å². The summed E-state index contributed by atoms with van der Waals surface area (Å²) in [6.07, 6.45) is 0. The lowest BCUT2D eigenvalue weighted by Crippen LogP contribution is -2.38. The van der Waals surface area contributed by atoms with Gasteiger partial charge in [-0.05, 0) is 42.3 Å². The lowest BCUT2D eigenvalue weighted by Gasteiger charge is -2.26. The Bertz CT molecular complexity index is 726. The maximum atomic E-state index is 12.5. The molecule has 2 aromatic heterocycles. The van der Waals surface area contributed by atoms with Gasteiger partial charge in [0.25, 0.3) is 5.91 Å². The molecule has 1 aliphatic heterocycles. The van der Waals surface area contributed by atoms with Crippen LogP contribution in [-0.4, -0.2) is 47.0 Å². The fraction of sp³-hybridized carbons (Fsp3) is 0.412. The lowest BCUT2D eigenvalue weighted by molar-refractivity contribution is -0.129. The van der Waals surface area contributed by atoms with Gasteiger partial charge in [0.05, 0.1) is 10.1 Å². The zero-order valence-corrected chi connectivity index (χ0v) is 16.3. The zero-order chi connectivity index (χ0) is 17.3. The molecule has 2 atom stereocenters. The van der Waals surface area contributed by atoms with Gasteiger partial charge in [0, 0.05) is 25.0 Å². The van der Waals surface area contributed by atoms with Crippen LogP contribution in [0.1, 0.15) is 32.4 Å². The normalized spacial score (nSPS) is 20.6. The molecule has 4 nitrogen and oxygen atoms in total. The van der Waals surface area contributed by atoms with E-state index in [1.807, 2.05) is 29.3 Å². The van der Waals surface area contributed by atoms with Gasteiger partial charge in [0.1, 0.15) is 5.37 Å². The Hall–Kier alpha value is -1.31. The number of thioether (sulfide) groups is 1. The lowest BCUT2D eigenvalue weighted by atomic mass is 10.2. The number of thiophene rings is 2. The van der Waals surface area contributed by atoms with E-state index in [0.717, 1.165) is 4.88 Å². The molecule has 0 unspecified atom stereocenters.